The number of hydrogen-bond acceptors (Lipinski definition) is 4. The van der Waals surface area contributed by atoms with Crippen molar-refractivity contribution in [3.63, 3.8) is 0 Å². The lowest BCUT2D eigenvalue weighted by molar-refractivity contribution is 0.0963. The number of carbonyl (C=O) groups excluding carboxylic acids is 1. The van der Waals surface area contributed by atoms with Gasteiger partial charge in [-0.25, -0.2) is 4.98 Å². The quantitative estimate of drug-likeness (QED) is 0.563. The number of H-pyrrole nitrogens is 1. The summed E-state index contributed by atoms with van der Waals surface area (Å²) in [5.74, 6) is -0.162. The maximum absolute atomic E-state index is 13.1. The predicted octanol–water partition coefficient (Wildman–Crippen LogP) is 3.06. The normalized spacial score (nSPS) is 12.1. The van der Waals surface area contributed by atoms with E-state index in [0.717, 1.165) is 22.4 Å². The summed E-state index contributed by atoms with van der Waals surface area (Å²) in [4.78, 5) is 29.5. The topological polar surface area (TPSA) is 92.7 Å². The first-order valence-electron chi connectivity index (χ1n) is 9.33. The molecule has 0 fully saturated rings. The summed E-state index contributed by atoms with van der Waals surface area (Å²) in [6.07, 6.45) is 3.33. The number of rotatable bonds is 4. The second kappa shape index (κ2) is 7.35. The molecule has 4 aromatic rings. The fourth-order valence-corrected chi connectivity index (χ4v) is 3.47. The summed E-state index contributed by atoms with van der Waals surface area (Å²) in [5.41, 5.74) is 4.83. The highest BCUT2D eigenvalue weighted by Gasteiger charge is 2.15. The van der Waals surface area contributed by atoms with E-state index in [4.69, 9.17) is 0 Å². The van der Waals surface area contributed by atoms with Crippen molar-refractivity contribution in [3.8, 4) is 11.1 Å². The zero-order valence-corrected chi connectivity index (χ0v) is 16.4. The number of amides is 1. The number of aromatic nitrogens is 4. The van der Waals surface area contributed by atoms with Gasteiger partial charge in [0.1, 0.15) is 0 Å². The Morgan fingerprint density at radius 1 is 1.21 bits per heavy atom. The van der Waals surface area contributed by atoms with Crippen molar-refractivity contribution < 1.29 is 4.79 Å². The van der Waals surface area contributed by atoms with Crippen LogP contribution in [0.5, 0.6) is 0 Å². The number of carbonyl (C=O) groups is 1. The molecule has 0 radical (unpaired) electrons. The summed E-state index contributed by atoms with van der Waals surface area (Å²) in [7, 11) is 1.59. The van der Waals surface area contributed by atoms with Gasteiger partial charge in [0.15, 0.2) is 0 Å². The van der Waals surface area contributed by atoms with Gasteiger partial charge in [0, 0.05) is 23.9 Å². The molecule has 1 atom stereocenters. The number of nitrogens with one attached hydrogen (secondary N) is 2. The summed E-state index contributed by atoms with van der Waals surface area (Å²) in [6, 6.07) is 12.6. The molecule has 146 valence electrons. The molecule has 0 bridgehead atoms. The maximum atomic E-state index is 13.1. The third kappa shape index (κ3) is 3.31. The predicted molar refractivity (Wildman–Crippen MR) is 112 cm³/mol. The van der Waals surface area contributed by atoms with Gasteiger partial charge in [-0.05, 0) is 49.2 Å². The van der Waals surface area contributed by atoms with Crippen molar-refractivity contribution in [3.05, 3.63) is 82.2 Å². The van der Waals surface area contributed by atoms with Crippen molar-refractivity contribution in [2.45, 2.75) is 19.9 Å². The summed E-state index contributed by atoms with van der Waals surface area (Å²) >= 11 is 0. The van der Waals surface area contributed by atoms with Crippen LogP contribution >= 0.6 is 0 Å². The minimum absolute atomic E-state index is 0.122. The van der Waals surface area contributed by atoms with Gasteiger partial charge in [-0.15, -0.1) is 0 Å². The van der Waals surface area contributed by atoms with Gasteiger partial charge in [0.2, 0.25) is 0 Å². The Kier molecular flexibility index (Phi) is 4.72. The fourth-order valence-electron chi connectivity index (χ4n) is 3.47. The molecule has 7 heteroatoms. The molecule has 2 aromatic heterocycles. The summed E-state index contributed by atoms with van der Waals surface area (Å²) in [6.45, 7) is 3.87. The van der Waals surface area contributed by atoms with Crippen LogP contribution in [-0.4, -0.2) is 32.7 Å². The Labute approximate surface area is 167 Å². The largest absolute Gasteiger partial charge is 0.355 e. The molecule has 7 nitrogen and oxygen atoms in total. The highest BCUT2D eigenvalue weighted by atomic mass is 16.1. The highest BCUT2D eigenvalue weighted by molar-refractivity contribution is 5.94. The second-order valence-corrected chi connectivity index (χ2v) is 6.98. The molecule has 0 unspecified atom stereocenters. The summed E-state index contributed by atoms with van der Waals surface area (Å²) < 4.78 is 1.59. The fraction of sp³-hybridized carbons (Fsp3) is 0.182. The molecular formula is C22H21N5O2. The first-order valence-corrected chi connectivity index (χ1v) is 9.33. The molecule has 4 rings (SSSR count). The number of benzene rings is 2. The van der Waals surface area contributed by atoms with E-state index in [9.17, 15) is 9.59 Å². The van der Waals surface area contributed by atoms with Crippen molar-refractivity contribution >= 4 is 16.8 Å². The zero-order valence-electron chi connectivity index (χ0n) is 16.4. The average Bonchev–Trinajstić information content (AvgIpc) is 3.18. The molecule has 2 aromatic carbocycles. The third-order valence-corrected chi connectivity index (χ3v) is 5.20. The molecule has 0 aliphatic rings. The Morgan fingerprint density at radius 3 is 2.76 bits per heavy atom. The first-order chi connectivity index (χ1) is 14.0. The van der Waals surface area contributed by atoms with Crippen LogP contribution in [0.2, 0.25) is 0 Å². The molecule has 2 N–H and O–H groups in total. The van der Waals surface area contributed by atoms with E-state index in [1.807, 2.05) is 38.1 Å². The monoisotopic (exact) mass is 387 g/mol. The van der Waals surface area contributed by atoms with E-state index < -0.39 is 0 Å². The van der Waals surface area contributed by atoms with Crippen LogP contribution in [-0.2, 0) is 0 Å². The van der Waals surface area contributed by atoms with E-state index in [2.05, 4.69) is 20.5 Å². The first kappa shape index (κ1) is 18.6. The lowest BCUT2D eigenvalue weighted by atomic mass is 10.0. The van der Waals surface area contributed by atoms with Crippen LogP contribution < -0.4 is 10.9 Å². The van der Waals surface area contributed by atoms with Crippen molar-refractivity contribution in [2.24, 2.45) is 0 Å². The van der Waals surface area contributed by atoms with E-state index >= 15 is 0 Å². The van der Waals surface area contributed by atoms with Crippen LogP contribution in [0.15, 0.2) is 59.8 Å². The molecule has 2 heterocycles. The molecule has 0 aliphatic carbocycles. The smallest absolute Gasteiger partial charge is 0.261 e. The van der Waals surface area contributed by atoms with Crippen LogP contribution in [0.3, 0.4) is 0 Å². The second-order valence-electron chi connectivity index (χ2n) is 6.98. The van der Waals surface area contributed by atoms with E-state index in [1.165, 1.54) is 0 Å². The van der Waals surface area contributed by atoms with Gasteiger partial charge >= 0.3 is 0 Å². The summed E-state index contributed by atoms with van der Waals surface area (Å²) in [5, 5.41) is 10.1. The lowest BCUT2D eigenvalue weighted by Gasteiger charge is -2.16. The molecule has 0 aliphatic heterocycles. The molecule has 1 amide bonds. The number of aromatic amines is 1. The third-order valence-electron chi connectivity index (χ3n) is 5.20. The Hall–Kier alpha value is -3.74. The maximum Gasteiger partial charge on any atom is 0.261 e. The minimum atomic E-state index is -0.264. The Morgan fingerprint density at radius 2 is 2.03 bits per heavy atom. The SMILES string of the molecule is CNC(=O)c1cccc([C@@H](C)n2cnc3cc(-c4cn[nH]c4C)ccc3c2=O)c1. The van der Waals surface area contributed by atoms with Crippen molar-refractivity contribution in [2.75, 3.05) is 7.05 Å². The standard InChI is InChI=1S/C22H21N5O2/c1-13-19(11-25-26-13)16-7-8-18-20(10-16)24-12-27(22(18)29)14(2)15-5-4-6-17(9-15)21(28)23-3/h4-12,14H,1-3H3,(H,23,28)(H,25,26)/t14-/m1/s1. The number of hydrogen-bond donors (Lipinski definition) is 2. The van der Waals surface area contributed by atoms with E-state index in [1.54, 1.807) is 42.3 Å². The highest BCUT2D eigenvalue weighted by Crippen LogP contribution is 2.24. The van der Waals surface area contributed by atoms with Crippen LogP contribution in [0, 0.1) is 6.92 Å². The molecule has 0 spiro atoms. The Bertz CT molecular complexity index is 1270. The Balaban J connectivity index is 1.75. The zero-order chi connectivity index (χ0) is 20.5. The van der Waals surface area contributed by atoms with Crippen molar-refractivity contribution in [1.29, 1.82) is 0 Å². The number of aryl methyl sites for hydroxylation is 1. The van der Waals surface area contributed by atoms with Crippen LogP contribution in [0.25, 0.3) is 22.0 Å². The van der Waals surface area contributed by atoms with E-state index in [0.29, 0.717) is 16.5 Å². The number of nitrogens with zero attached hydrogens (tertiary/aromatic N) is 3. The van der Waals surface area contributed by atoms with E-state index in [-0.39, 0.29) is 17.5 Å². The number of fused-ring (bicyclic) bond motifs is 1. The minimum Gasteiger partial charge on any atom is -0.355 e. The van der Waals surface area contributed by atoms with Gasteiger partial charge in [-0.3, -0.25) is 19.3 Å². The van der Waals surface area contributed by atoms with Crippen LogP contribution in [0.4, 0.5) is 0 Å². The van der Waals surface area contributed by atoms with Gasteiger partial charge in [0.25, 0.3) is 11.5 Å². The molecule has 0 saturated heterocycles. The molecular weight excluding hydrogens is 366 g/mol. The van der Waals surface area contributed by atoms with Crippen molar-refractivity contribution in [1.82, 2.24) is 25.1 Å². The average molecular weight is 387 g/mol. The van der Waals surface area contributed by atoms with Gasteiger partial charge in [-0.2, -0.15) is 5.10 Å². The molecule has 29 heavy (non-hydrogen) atoms. The van der Waals surface area contributed by atoms with Gasteiger partial charge < -0.3 is 5.32 Å². The molecule has 0 saturated carbocycles. The van der Waals surface area contributed by atoms with Crippen LogP contribution in [0.1, 0.15) is 34.6 Å². The lowest BCUT2D eigenvalue weighted by Crippen LogP contribution is -2.25. The van der Waals surface area contributed by atoms with Gasteiger partial charge in [0.05, 0.1) is 29.5 Å². The van der Waals surface area contributed by atoms with Gasteiger partial charge in [-0.1, -0.05) is 18.2 Å².